The van der Waals surface area contributed by atoms with Gasteiger partial charge in [0.2, 0.25) is 0 Å². The van der Waals surface area contributed by atoms with E-state index in [2.05, 4.69) is 44.8 Å². The average Bonchev–Trinajstić information content (AvgIpc) is 1.12. The minimum atomic E-state index is -3.50. The minimum Gasteiger partial charge on any atom is -0.801 e. The Morgan fingerprint density at radius 3 is 0.643 bits per heavy atom. The van der Waals surface area contributed by atoms with Crippen LogP contribution < -0.4 is 29.6 Å². The Bertz CT molecular complexity index is 219. The van der Waals surface area contributed by atoms with Crippen LogP contribution in [0.3, 0.4) is 0 Å². The van der Waals surface area contributed by atoms with Crippen LogP contribution >= 0.6 is 0 Å². The summed E-state index contributed by atoms with van der Waals surface area (Å²) in [7, 11) is -7.00. The van der Waals surface area contributed by atoms with Crippen molar-refractivity contribution in [3.63, 3.8) is 0 Å². The van der Waals surface area contributed by atoms with Gasteiger partial charge >= 0.3 is 51.9 Å². The third kappa shape index (κ3) is 315. The molecule has 0 heterocycles. The predicted octanol–water partition coefficient (Wildman–Crippen LogP) is -6.00. The first-order valence-corrected chi connectivity index (χ1v) is 8.00. The third-order valence-corrected chi connectivity index (χ3v) is 0. The zero-order chi connectivity index (χ0) is 9.00. The van der Waals surface area contributed by atoms with Crippen LogP contribution in [0.15, 0.2) is 0 Å². The molecule has 0 bridgehead atoms. The number of rotatable bonds is 0. The van der Waals surface area contributed by atoms with E-state index in [9.17, 15) is 18.2 Å². The molecule has 0 amide bonds. The van der Waals surface area contributed by atoms with Crippen molar-refractivity contribution in [2.75, 3.05) is 0 Å². The summed E-state index contributed by atoms with van der Waals surface area (Å²) in [5.74, 6) is 0. The van der Waals surface area contributed by atoms with Gasteiger partial charge in [-0.15, -0.1) is 0 Å². The van der Waals surface area contributed by atoms with Crippen LogP contribution in [0.5, 0.6) is 0 Å². The van der Waals surface area contributed by atoms with Gasteiger partial charge in [0.05, 0.1) is 0 Å². The molecule has 0 radical (unpaired) electrons. The Kier molecular flexibility index (Phi) is 41.3. The monoisotopic (exact) mass is 512 g/mol. The van der Waals surface area contributed by atoms with E-state index in [1.807, 2.05) is 0 Å². The first-order chi connectivity index (χ1) is 4.00. The molecular weight excluding hydrogens is 508 g/mol. The van der Waals surface area contributed by atoms with Gasteiger partial charge in [-0.2, -0.15) is 0 Å². The second-order valence-electron chi connectivity index (χ2n) is 0.816. The van der Waals surface area contributed by atoms with E-state index < -0.39 is 15.4 Å². The quantitative estimate of drug-likeness (QED) is 0.291. The van der Waals surface area contributed by atoms with Crippen molar-refractivity contribution in [1.82, 2.24) is 0 Å². The van der Waals surface area contributed by atoms with Crippen LogP contribution in [0.1, 0.15) is 0 Å². The number of hydrogen-bond donors (Lipinski definition) is 0. The van der Waals surface area contributed by atoms with E-state index in [-0.39, 0.29) is 62.9 Å². The minimum absolute atomic E-state index is 0. The van der Waals surface area contributed by atoms with Gasteiger partial charge in [-0.25, -0.2) is 15.4 Å². The van der Waals surface area contributed by atoms with Gasteiger partial charge in [0, 0.05) is 0 Å². The largest absolute Gasteiger partial charge is 3.00 e. The second-order valence-corrected chi connectivity index (χ2v) is 8.98. The van der Waals surface area contributed by atoms with Crippen molar-refractivity contribution >= 4 is 60.2 Å². The maximum absolute atomic E-state index is 9.26. The fourth-order valence-electron chi connectivity index (χ4n) is 0. The summed E-state index contributed by atoms with van der Waals surface area (Å²) in [5, 5.41) is 0. The maximum Gasteiger partial charge on any atom is 3.00 e. The summed E-state index contributed by atoms with van der Waals surface area (Å²) < 4.78 is 37.0. The SMILES string of the molecule is O.O.[Au+3].[Na+].[O-]S([O-])(=S)=S.[O-]S([O-])(=S)=S. The third-order valence-electron chi connectivity index (χ3n) is 0. The molecule has 0 aliphatic carbocycles. The van der Waals surface area contributed by atoms with E-state index in [0.29, 0.717) is 0 Å². The molecule has 14 heavy (non-hydrogen) atoms. The zero-order valence-electron chi connectivity index (χ0n) is 6.38. The molecule has 0 atom stereocenters. The van der Waals surface area contributed by atoms with E-state index in [4.69, 9.17) is 0 Å². The fourth-order valence-corrected chi connectivity index (χ4v) is 0. The molecule has 0 spiro atoms. The van der Waals surface area contributed by atoms with Crippen molar-refractivity contribution in [3.8, 4) is 0 Å². The molecular formula is H4AuNaO6S6. The molecule has 0 aliphatic rings. The molecule has 0 aliphatic heterocycles. The van der Waals surface area contributed by atoms with Gasteiger partial charge in [0.25, 0.3) is 0 Å². The molecule has 0 aromatic carbocycles. The molecule has 88 valence electrons. The molecule has 0 fully saturated rings. The molecule has 6 nitrogen and oxygen atoms in total. The van der Waals surface area contributed by atoms with Crippen molar-refractivity contribution < 1.29 is 81.1 Å². The van der Waals surface area contributed by atoms with Crippen molar-refractivity contribution in [2.45, 2.75) is 0 Å². The number of hydrogen-bond acceptors (Lipinski definition) is 8. The average molecular weight is 512 g/mol. The second kappa shape index (κ2) is 16.1. The zero-order valence-corrected chi connectivity index (χ0v) is 15.4. The summed E-state index contributed by atoms with van der Waals surface area (Å²) in [6.45, 7) is 0. The summed E-state index contributed by atoms with van der Waals surface area (Å²) in [6, 6.07) is 0. The summed E-state index contributed by atoms with van der Waals surface area (Å²) in [5.41, 5.74) is 0. The van der Waals surface area contributed by atoms with E-state index in [1.54, 1.807) is 0 Å². The van der Waals surface area contributed by atoms with Gasteiger partial charge in [-0.1, -0.05) is 44.8 Å². The van der Waals surface area contributed by atoms with Crippen molar-refractivity contribution in [1.29, 1.82) is 0 Å². The van der Waals surface area contributed by atoms with Crippen LogP contribution in [0, 0.1) is 0 Å². The standard InChI is InChI=1S/Au.Na.2H2O2S3.2H2O/c;;2*1-5(2,3)4;;/h;;2*(H2,1,2,3,4);2*1H2/q+3;+1;;;;/p-4. The molecule has 4 N–H and O–H groups in total. The smallest absolute Gasteiger partial charge is 0.801 e. The van der Waals surface area contributed by atoms with Gasteiger partial charge in [-0.05, 0) is 0 Å². The van der Waals surface area contributed by atoms with Crippen LogP contribution in [0.4, 0.5) is 0 Å². The van der Waals surface area contributed by atoms with E-state index >= 15 is 0 Å². The van der Waals surface area contributed by atoms with E-state index in [1.165, 1.54) is 0 Å². The maximum atomic E-state index is 9.26. The van der Waals surface area contributed by atoms with Crippen LogP contribution in [0.25, 0.3) is 0 Å². The predicted molar refractivity (Wildman–Crippen MR) is 54.5 cm³/mol. The van der Waals surface area contributed by atoms with Crippen LogP contribution in [-0.4, -0.2) is 29.2 Å². The normalized spacial score (nSPS) is 8.29. The Morgan fingerprint density at radius 1 is 0.643 bits per heavy atom. The van der Waals surface area contributed by atoms with Crippen molar-refractivity contribution in [3.05, 3.63) is 0 Å². The van der Waals surface area contributed by atoms with Crippen LogP contribution in [0.2, 0.25) is 0 Å². The van der Waals surface area contributed by atoms with E-state index in [0.717, 1.165) is 0 Å². The molecule has 0 aromatic heterocycles. The molecule has 14 heteroatoms. The summed E-state index contributed by atoms with van der Waals surface area (Å²) in [6.07, 6.45) is 0. The molecule has 0 saturated carbocycles. The fraction of sp³-hybridized carbons (Fsp3) is 0. The summed E-state index contributed by atoms with van der Waals surface area (Å²) >= 11 is 14.5. The molecule has 0 unspecified atom stereocenters. The van der Waals surface area contributed by atoms with Crippen molar-refractivity contribution in [2.24, 2.45) is 0 Å². The molecule has 0 rings (SSSR count). The van der Waals surface area contributed by atoms with Gasteiger partial charge in [-0.3, -0.25) is 0 Å². The Balaban J connectivity index is -0.0000000178. The summed E-state index contributed by atoms with van der Waals surface area (Å²) in [4.78, 5) is 0. The first-order valence-electron chi connectivity index (χ1n) is 1.33. The molecule has 0 saturated heterocycles. The first kappa shape index (κ1) is 36.0. The van der Waals surface area contributed by atoms with Gasteiger partial charge in [0.1, 0.15) is 0 Å². The Morgan fingerprint density at radius 2 is 0.643 bits per heavy atom. The van der Waals surface area contributed by atoms with Crippen LogP contribution in [-0.2, 0) is 82.5 Å². The Hall–Kier alpha value is 3.08. The van der Waals surface area contributed by atoms with Gasteiger partial charge in [0.15, 0.2) is 0 Å². The van der Waals surface area contributed by atoms with Gasteiger partial charge < -0.3 is 29.2 Å². The Labute approximate surface area is 139 Å². The molecule has 0 aromatic rings. The topological polar surface area (TPSA) is 155 Å².